The number of nitrogens with zero attached hydrogens (tertiary/aromatic N) is 4. The van der Waals surface area contributed by atoms with Crippen molar-refractivity contribution in [3.63, 3.8) is 0 Å². The van der Waals surface area contributed by atoms with Gasteiger partial charge >= 0.3 is 0 Å². The summed E-state index contributed by atoms with van der Waals surface area (Å²) in [6.45, 7) is 2.87. The maximum atomic E-state index is 9.32. The highest BCUT2D eigenvalue weighted by Gasteiger charge is 2.13. The summed E-state index contributed by atoms with van der Waals surface area (Å²) in [5.74, 6) is 1.61. The second-order valence-electron chi connectivity index (χ2n) is 6.70. The van der Waals surface area contributed by atoms with E-state index in [1.807, 2.05) is 48.5 Å². The average molecular weight is 431 g/mol. The average Bonchev–Trinajstić information content (AvgIpc) is 3.21. The van der Waals surface area contributed by atoms with Gasteiger partial charge in [0.2, 0.25) is 0 Å². The number of hydrogen-bond donors (Lipinski definition) is 0. The first-order chi connectivity index (χ1) is 14.7. The normalized spacial score (nSPS) is 10.7. The molecule has 1 aromatic heterocycles. The summed E-state index contributed by atoms with van der Waals surface area (Å²) < 4.78 is 2.11. The third kappa shape index (κ3) is 4.25. The van der Waals surface area contributed by atoms with E-state index in [4.69, 9.17) is 11.6 Å². The quantitative estimate of drug-likeness (QED) is 0.330. The number of benzene rings is 3. The Bertz CT molecular complexity index is 1210. The van der Waals surface area contributed by atoms with Gasteiger partial charge in [0, 0.05) is 22.9 Å². The van der Waals surface area contributed by atoms with Gasteiger partial charge in [0.1, 0.15) is 0 Å². The zero-order chi connectivity index (χ0) is 20.9. The summed E-state index contributed by atoms with van der Waals surface area (Å²) in [6, 6.07) is 25.9. The fourth-order valence-electron chi connectivity index (χ4n) is 3.28. The molecule has 4 nitrogen and oxygen atoms in total. The Morgan fingerprint density at radius 1 is 0.967 bits per heavy atom. The molecule has 0 saturated carbocycles. The lowest BCUT2D eigenvalue weighted by Gasteiger charge is -2.08. The van der Waals surface area contributed by atoms with Crippen molar-refractivity contribution >= 4 is 23.4 Å². The van der Waals surface area contributed by atoms with Gasteiger partial charge < -0.3 is 4.57 Å². The van der Waals surface area contributed by atoms with E-state index in [1.165, 1.54) is 5.56 Å². The van der Waals surface area contributed by atoms with Crippen molar-refractivity contribution in [3.05, 3.63) is 88.9 Å². The van der Waals surface area contributed by atoms with Gasteiger partial charge in [-0.25, -0.2) is 0 Å². The second kappa shape index (κ2) is 9.17. The van der Waals surface area contributed by atoms with Crippen molar-refractivity contribution in [2.24, 2.45) is 0 Å². The fourth-order valence-corrected chi connectivity index (χ4v) is 4.43. The molecule has 0 bridgehead atoms. The highest BCUT2D eigenvalue weighted by molar-refractivity contribution is 7.98. The first-order valence-corrected chi connectivity index (χ1v) is 11.0. The maximum absolute atomic E-state index is 9.32. The van der Waals surface area contributed by atoms with Crippen LogP contribution >= 0.6 is 23.4 Å². The van der Waals surface area contributed by atoms with Gasteiger partial charge in [0.05, 0.1) is 11.6 Å². The van der Waals surface area contributed by atoms with Crippen LogP contribution in [0.25, 0.3) is 22.5 Å². The molecule has 1 heterocycles. The summed E-state index contributed by atoms with van der Waals surface area (Å²) in [4.78, 5) is 0. The van der Waals surface area contributed by atoms with Crippen molar-refractivity contribution in [2.75, 3.05) is 0 Å². The number of nitriles is 1. The van der Waals surface area contributed by atoms with E-state index in [9.17, 15) is 5.26 Å². The van der Waals surface area contributed by atoms with Crippen LogP contribution in [0.1, 0.15) is 18.1 Å². The second-order valence-corrected chi connectivity index (χ2v) is 8.08. The van der Waals surface area contributed by atoms with Crippen LogP contribution in [-0.2, 0) is 12.3 Å². The molecular weight excluding hydrogens is 412 g/mol. The summed E-state index contributed by atoms with van der Waals surface area (Å²) in [5.41, 5.74) is 4.83. The molecule has 0 atom stereocenters. The molecule has 3 aromatic carbocycles. The van der Waals surface area contributed by atoms with Crippen molar-refractivity contribution < 1.29 is 0 Å². The lowest BCUT2D eigenvalue weighted by Crippen LogP contribution is -1.99. The molecule has 30 heavy (non-hydrogen) atoms. The Balaban J connectivity index is 1.51. The van der Waals surface area contributed by atoms with E-state index < -0.39 is 0 Å². The van der Waals surface area contributed by atoms with Gasteiger partial charge in [-0.3, -0.25) is 0 Å². The molecule has 6 heteroatoms. The van der Waals surface area contributed by atoms with Gasteiger partial charge in [-0.1, -0.05) is 78.0 Å². The minimum atomic E-state index is 0.684. The summed E-state index contributed by atoms with van der Waals surface area (Å²) in [7, 11) is 0. The molecule has 4 rings (SSSR count). The fraction of sp³-hybridized carbons (Fsp3) is 0.125. The minimum Gasteiger partial charge on any atom is -0.302 e. The maximum Gasteiger partial charge on any atom is 0.191 e. The van der Waals surface area contributed by atoms with Crippen molar-refractivity contribution in [1.29, 1.82) is 5.26 Å². The predicted octanol–water partition coefficient (Wildman–Crippen LogP) is 6.45. The van der Waals surface area contributed by atoms with E-state index >= 15 is 0 Å². The Kier molecular flexibility index (Phi) is 6.18. The molecule has 0 spiro atoms. The highest BCUT2D eigenvalue weighted by Crippen LogP contribution is 2.29. The van der Waals surface area contributed by atoms with Gasteiger partial charge in [-0.15, -0.1) is 10.2 Å². The number of hydrogen-bond acceptors (Lipinski definition) is 4. The molecule has 0 saturated heterocycles. The molecule has 0 N–H and O–H groups in total. The Morgan fingerprint density at radius 3 is 2.50 bits per heavy atom. The number of aromatic nitrogens is 3. The molecular formula is C24H19ClN4S. The molecule has 0 radical (unpaired) electrons. The summed E-state index contributed by atoms with van der Waals surface area (Å²) in [6.07, 6.45) is 0. The molecule has 0 amide bonds. The largest absolute Gasteiger partial charge is 0.302 e. The van der Waals surface area contributed by atoms with E-state index in [0.29, 0.717) is 10.6 Å². The summed E-state index contributed by atoms with van der Waals surface area (Å²) in [5, 5.41) is 19.7. The van der Waals surface area contributed by atoms with Gasteiger partial charge in [-0.2, -0.15) is 5.26 Å². The van der Waals surface area contributed by atoms with Crippen molar-refractivity contribution in [1.82, 2.24) is 14.8 Å². The van der Waals surface area contributed by atoms with Crippen LogP contribution in [0.2, 0.25) is 5.02 Å². The third-order valence-corrected chi connectivity index (χ3v) is 6.07. The molecule has 4 aromatic rings. The van der Waals surface area contributed by atoms with E-state index in [2.05, 4.69) is 52.0 Å². The number of thioether (sulfide) groups is 1. The molecule has 0 aliphatic carbocycles. The van der Waals surface area contributed by atoms with Crippen LogP contribution in [0, 0.1) is 11.3 Å². The van der Waals surface area contributed by atoms with Crippen LogP contribution < -0.4 is 0 Å². The zero-order valence-electron chi connectivity index (χ0n) is 16.4. The number of rotatable bonds is 6. The summed E-state index contributed by atoms with van der Waals surface area (Å²) >= 11 is 7.79. The SMILES string of the molecule is CCn1c(SCc2ccc(-c3ccccc3C#N)cc2)nnc1-c1cccc(Cl)c1. The van der Waals surface area contributed by atoms with Crippen LogP contribution in [0.15, 0.2) is 78.0 Å². The van der Waals surface area contributed by atoms with Gasteiger partial charge in [0.15, 0.2) is 11.0 Å². The highest BCUT2D eigenvalue weighted by atomic mass is 35.5. The van der Waals surface area contributed by atoms with Crippen LogP contribution in [-0.4, -0.2) is 14.8 Å². The number of halogens is 1. The van der Waals surface area contributed by atoms with Crippen LogP contribution in [0.5, 0.6) is 0 Å². The monoisotopic (exact) mass is 430 g/mol. The third-order valence-electron chi connectivity index (χ3n) is 4.80. The Morgan fingerprint density at radius 2 is 1.77 bits per heavy atom. The van der Waals surface area contributed by atoms with Gasteiger partial charge in [0.25, 0.3) is 0 Å². The molecule has 0 fully saturated rings. The zero-order valence-corrected chi connectivity index (χ0v) is 18.0. The van der Waals surface area contributed by atoms with Crippen LogP contribution in [0.3, 0.4) is 0 Å². The van der Waals surface area contributed by atoms with Crippen molar-refractivity contribution in [3.8, 4) is 28.6 Å². The smallest absolute Gasteiger partial charge is 0.191 e. The van der Waals surface area contributed by atoms with Crippen LogP contribution in [0.4, 0.5) is 0 Å². The Hall–Kier alpha value is -3.07. The van der Waals surface area contributed by atoms with E-state index in [1.54, 1.807) is 11.8 Å². The predicted molar refractivity (Wildman–Crippen MR) is 122 cm³/mol. The Labute approximate surface area is 185 Å². The first-order valence-electron chi connectivity index (χ1n) is 9.60. The minimum absolute atomic E-state index is 0.684. The lowest BCUT2D eigenvalue weighted by atomic mass is 10.00. The van der Waals surface area contributed by atoms with Crippen molar-refractivity contribution in [2.45, 2.75) is 24.4 Å². The lowest BCUT2D eigenvalue weighted by molar-refractivity contribution is 0.687. The van der Waals surface area contributed by atoms with E-state index in [0.717, 1.165) is 40.0 Å². The topological polar surface area (TPSA) is 54.5 Å². The van der Waals surface area contributed by atoms with E-state index in [-0.39, 0.29) is 0 Å². The molecule has 0 aliphatic heterocycles. The molecule has 148 valence electrons. The molecule has 0 unspecified atom stereocenters. The standard InChI is InChI=1S/C24H19ClN4S/c1-2-29-23(19-7-5-8-21(25)14-19)27-28-24(29)30-16-17-10-12-18(13-11-17)22-9-4-3-6-20(22)15-26/h3-14H,2,16H2,1H3. The van der Waals surface area contributed by atoms with Gasteiger partial charge in [-0.05, 0) is 41.8 Å². The first kappa shape index (κ1) is 20.2. The molecule has 0 aliphatic rings.